The maximum atomic E-state index is 10.5. The zero-order valence-corrected chi connectivity index (χ0v) is 6.60. The van der Waals surface area contributed by atoms with Gasteiger partial charge in [0.15, 0.2) is 0 Å². The fraction of sp³-hybridized carbons (Fsp3) is 0.500. The zero-order valence-electron chi connectivity index (χ0n) is 6.60. The average molecular weight is 140 g/mol. The molecule has 0 spiro atoms. The summed E-state index contributed by atoms with van der Waals surface area (Å²) in [6.07, 6.45) is 2.21. The first-order valence-corrected chi connectivity index (χ1v) is 3.20. The molecule has 0 aliphatic rings. The molecule has 2 heteroatoms. The van der Waals surface area contributed by atoms with E-state index in [1.807, 2.05) is 13.8 Å². The Morgan fingerprint density at radius 2 is 2.30 bits per heavy atom. The van der Waals surface area contributed by atoms with Gasteiger partial charge in [0.25, 0.3) is 0 Å². The fourth-order valence-corrected chi connectivity index (χ4v) is 0.343. The van der Waals surface area contributed by atoms with Crippen molar-refractivity contribution in [3.63, 3.8) is 0 Å². The Hall–Kier alpha value is -1.01. The predicted octanol–water partition coefficient (Wildman–Crippen LogP) is 1.67. The molecule has 0 aromatic carbocycles. The van der Waals surface area contributed by atoms with Gasteiger partial charge in [-0.1, -0.05) is 6.92 Å². The van der Waals surface area contributed by atoms with Crippen molar-refractivity contribution in [1.29, 1.82) is 0 Å². The summed E-state index contributed by atoms with van der Waals surface area (Å²) in [5.41, 5.74) is 3.85. The van der Waals surface area contributed by atoms with Gasteiger partial charge in [0.2, 0.25) is 0 Å². The third-order valence-electron chi connectivity index (χ3n) is 1.17. The summed E-state index contributed by atoms with van der Waals surface area (Å²) < 4.78 is 4.37. The van der Waals surface area contributed by atoms with E-state index in [0.29, 0.717) is 0 Å². The topological polar surface area (TPSA) is 26.3 Å². The predicted molar refractivity (Wildman–Crippen MR) is 39.6 cm³/mol. The molecule has 0 radical (unpaired) electrons. The van der Waals surface area contributed by atoms with Crippen LogP contribution in [0, 0.1) is 0 Å². The summed E-state index contributed by atoms with van der Waals surface area (Å²) in [5.74, 6) is -0.354. The Balaban J connectivity index is 4.08. The molecule has 0 saturated carbocycles. The number of ether oxygens (including phenoxy) is 1. The highest BCUT2D eigenvalue weighted by atomic mass is 16.5. The van der Waals surface area contributed by atoms with Crippen LogP contribution in [0.15, 0.2) is 17.4 Å². The van der Waals surface area contributed by atoms with E-state index in [1.165, 1.54) is 13.2 Å². The molecule has 0 aromatic rings. The lowest BCUT2D eigenvalue weighted by molar-refractivity contribution is -0.134. The van der Waals surface area contributed by atoms with E-state index in [4.69, 9.17) is 0 Å². The lowest BCUT2D eigenvalue weighted by atomic mass is 10.2. The van der Waals surface area contributed by atoms with Crippen LogP contribution in [0.1, 0.15) is 20.3 Å². The highest BCUT2D eigenvalue weighted by Gasteiger charge is 1.87. The second-order valence-corrected chi connectivity index (χ2v) is 1.95. The minimum Gasteiger partial charge on any atom is -0.465 e. The van der Waals surface area contributed by atoms with Gasteiger partial charge in [0.05, 0.1) is 13.2 Å². The normalized spacial score (nSPS) is 7.90. The van der Waals surface area contributed by atoms with Crippen molar-refractivity contribution in [3.05, 3.63) is 17.4 Å². The van der Waals surface area contributed by atoms with Crippen LogP contribution in [-0.2, 0) is 9.53 Å². The molecular formula is C8H12O2. The third kappa shape index (κ3) is 3.93. The number of hydrogen-bond acceptors (Lipinski definition) is 2. The Morgan fingerprint density at radius 3 is 2.70 bits per heavy atom. The number of carbonyl (C=O) groups is 1. The van der Waals surface area contributed by atoms with Crippen molar-refractivity contribution >= 4 is 5.97 Å². The Kier molecular flexibility index (Phi) is 4.34. The molecule has 0 aliphatic carbocycles. The summed E-state index contributed by atoms with van der Waals surface area (Å²) in [6, 6.07) is 0. The Bertz CT molecular complexity index is 174. The third-order valence-corrected chi connectivity index (χ3v) is 1.17. The molecule has 0 bridgehead atoms. The molecule has 0 aliphatic heterocycles. The van der Waals surface area contributed by atoms with Crippen molar-refractivity contribution in [1.82, 2.24) is 0 Å². The van der Waals surface area contributed by atoms with Gasteiger partial charge in [-0.15, -0.1) is 5.73 Å². The van der Waals surface area contributed by atoms with Crippen molar-refractivity contribution in [2.45, 2.75) is 20.3 Å². The summed E-state index contributed by atoms with van der Waals surface area (Å²) in [7, 11) is 1.35. The van der Waals surface area contributed by atoms with Crippen molar-refractivity contribution in [2.24, 2.45) is 0 Å². The molecule has 0 amide bonds. The van der Waals surface area contributed by atoms with Gasteiger partial charge in [-0.3, -0.25) is 0 Å². The molecule has 0 heterocycles. The van der Waals surface area contributed by atoms with E-state index in [2.05, 4.69) is 10.5 Å². The first-order chi connectivity index (χ1) is 4.70. The van der Waals surface area contributed by atoms with Crippen LogP contribution < -0.4 is 0 Å². The number of methoxy groups -OCH3 is 1. The van der Waals surface area contributed by atoms with Crippen molar-refractivity contribution < 1.29 is 9.53 Å². The molecule has 10 heavy (non-hydrogen) atoms. The van der Waals surface area contributed by atoms with Crippen molar-refractivity contribution in [2.75, 3.05) is 7.11 Å². The van der Waals surface area contributed by atoms with Crippen LogP contribution in [0.3, 0.4) is 0 Å². The van der Waals surface area contributed by atoms with Crippen molar-refractivity contribution in [3.8, 4) is 0 Å². The van der Waals surface area contributed by atoms with E-state index >= 15 is 0 Å². The molecule has 0 rings (SSSR count). The Labute approximate surface area is 61.2 Å². The van der Waals surface area contributed by atoms with Gasteiger partial charge < -0.3 is 4.74 Å². The minimum atomic E-state index is -0.354. The summed E-state index contributed by atoms with van der Waals surface area (Å²) in [6.45, 7) is 3.92. The van der Waals surface area contributed by atoms with Gasteiger partial charge in [0, 0.05) is 0 Å². The monoisotopic (exact) mass is 140 g/mol. The van der Waals surface area contributed by atoms with Crippen LogP contribution >= 0.6 is 0 Å². The lowest BCUT2D eigenvalue weighted by Gasteiger charge is -1.87. The van der Waals surface area contributed by atoms with E-state index in [0.717, 1.165) is 12.0 Å². The number of hydrogen-bond donors (Lipinski definition) is 0. The molecular weight excluding hydrogens is 128 g/mol. The van der Waals surface area contributed by atoms with Gasteiger partial charge in [-0.05, 0) is 18.9 Å². The molecule has 0 unspecified atom stereocenters. The number of carbonyl (C=O) groups excluding carboxylic acids is 1. The van der Waals surface area contributed by atoms with Gasteiger partial charge >= 0.3 is 5.97 Å². The first-order valence-electron chi connectivity index (χ1n) is 3.20. The zero-order chi connectivity index (χ0) is 7.98. The highest BCUT2D eigenvalue weighted by Crippen LogP contribution is 1.93. The number of rotatable bonds is 2. The average Bonchev–Trinajstić information content (AvgIpc) is 1.99. The maximum Gasteiger partial charge on any atom is 0.338 e. The first kappa shape index (κ1) is 8.99. The summed E-state index contributed by atoms with van der Waals surface area (Å²) in [5, 5.41) is 0. The van der Waals surface area contributed by atoms with Crippen LogP contribution in [0.2, 0.25) is 0 Å². The SMILES string of the molecule is CCC(C)=C=CC(=O)OC. The second-order valence-electron chi connectivity index (χ2n) is 1.95. The van der Waals surface area contributed by atoms with Crippen LogP contribution in [0.4, 0.5) is 0 Å². The Morgan fingerprint density at radius 1 is 1.70 bits per heavy atom. The minimum absolute atomic E-state index is 0.354. The molecule has 0 saturated heterocycles. The molecule has 0 atom stereocenters. The van der Waals surface area contributed by atoms with Crippen LogP contribution in [0.5, 0.6) is 0 Å². The summed E-state index contributed by atoms with van der Waals surface area (Å²) >= 11 is 0. The molecule has 0 aromatic heterocycles. The quantitative estimate of drug-likeness (QED) is 0.331. The van der Waals surface area contributed by atoms with Crippen LogP contribution in [0.25, 0.3) is 0 Å². The molecule has 0 N–H and O–H groups in total. The van der Waals surface area contributed by atoms with E-state index in [-0.39, 0.29) is 5.97 Å². The molecule has 0 fully saturated rings. The molecule has 2 nitrogen and oxygen atoms in total. The van der Waals surface area contributed by atoms with Gasteiger partial charge in [-0.2, -0.15) is 0 Å². The molecule has 56 valence electrons. The fourth-order valence-electron chi connectivity index (χ4n) is 0.343. The van der Waals surface area contributed by atoms with E-state index < -0.39 is 0 Å². The smallest absolute Gasteiger partial charge is 0.338 e. The largest absolute Gasteiger partial charge is 0.465 e. The number of esters is 1. The summed E-state index contributed by atoms with van der Waals surface area (Å²) in [4.78, 5) is 10.5. The van der Waals surface area contributed by atoms with Crippen LogP contribution in [-0.4, -0.2) is 13.1 Å². The second kappa shape index (κ2) is 4.83. The standard InChI is InChI=1S/C8H12O2/c1-4-7(2)5-6-8(9)10-3/h6H,4H2,1-3H3. The highest BCUT2D eigenvalue weighted by molar-refractivity contribution is 5.81. The lowest BCUT2D eigenvalue weighted by Crippen LogP contribution is -1.92. The van der Waals surface area contributed by atoms with Gasteiger partial charge in [-0.25, -0.2) is 4.79 Å². The van der Waals surface area contributed by atoms with E-state index in [9.17, 15) is 4.79 Å². The maximum absolute atomic E-state index is 10.5. The van der Waals surface area contributed by atoms with Gasteiger partial charge in [0.1, 0.15) is 0 Å². The van der Waals surface area contributed by atoms with E-state index in [1.54, 1.807) is 0 Å².